The van der Waals surface area contributed by atoms with E-state index in [1.54, 1.807) is 35.2 Å². The molecule has 0 unspecified atom stereocenters. The fourth-order valence-corrected chi connectivity index (χ4v) is 4.38. The molecule has 33 heavy (non-hydrogen) atoms. The quantitative estimate of drug-likeness (QED) is 0.571. The van der Waals surface area contributed by atoms with E-state index in [4.69, 9.17) is 21.1 Å². The van der Waals surface area contributed by atoms with E-state index in [1.807, 2.05) is 0 Å². The maximum atomic E-state index is 13.2. The first-order valence-electron chi connectivity index (χ1n) is 10.2. The van der Waals surface area contributed by atoms with Crippen molar-refractivity contribution in [2.75, 3.05) is 32.9 Å². The van der Waals surface area contributed by atoms with Gasteiger partial charge >= 0.3 is 0 Å². The van der Waals surface area contributed by atoms with Crippen LogP contribution in [-0.4, -0.2) is 59.8 Å². The second kappa shape index (κ2) is 10.4. The minimum Gasteiger partial charge on any atom is -0.484 e. The Labute approximate surface area is 199 Å². The van der Waals surface area contributed by atoms with Gasteiger partial charge in [0.05, 0.1) is 24.7 Å². The molecule has 0 N–H and O–H groups in total. The van der Waals surface area contributed by atoms with Gasteiger partial charge in [-0.05, 0) is 53.2 Å². The molecule has 4 rings (SSSR count). The lowest BCUT2D eigenvalue weighted by Crippen LogP contribution is -2.42. The molecule has 2 heterocycles. The van der Waals surface area contributed by atoms with E-state index in [0.717, 1.165) is 22.7 Å². The topological polar surface area (TPSA) is 76.2 Å². The molecular formula is C23H20ClFN2O5S. The van der Waals surface area contributed by atoms with Crippen molar-refractivity contribution in [2.45, 2.75) is 6.54 Å². The highest BCUT2D eigenvalue weighted by atomic mass is 35.5. The Morgan fingerprint density at radius 2 is 1.88 bits per heavy atom. The Kier molecular flexibility index (Phi) is 7.32. The fourth-order valence-electron chi connectivity index (χ4n) is 3.32. The minimum absolute atomic E-state index is 0.0366. The number of thioether (sulfide) groups is 1. The van der Waals surface area contributed by atoms with Gasteiger partial charge in [0.2, 0.25) is 0 Å². The summed E-state index contributed by atoms with van der Waals surface area (Å²) >= 11 is 6.85. The molecule has 0 atom stereocenters. The number of nitrogens with zero attached hydrogens (tertiary/aromatic N) is 2. The molecule has 7 nitrogen and oxygen atoms in total. The predicted molar refractivity (Wildman–Crippen MR) is 122 cm³/mol. The Bertz CT molecular complexity index is 1100. The fraction of sp³-hybridized carbons (Fsp3) is 0.261. The molecule has 2 aromatic rings. The summed E-state index contributed by atoms with van der Waals surface area (Å²) in [7, 11) is 0. The van der Waals surface area contributed by atoms with Crippen molar-refractivity contribution < 1.29 is 28.2 Å². The Balaban J connectivity index is 1.36. The van der Waals surface area contributed by atoms with Crippen LogP contribution in [-0.2, 0) is 20.9 Å². The summed E-state index contributed by atoms with van der Waals surface area (Å²) < 4.78 is 24.0. The third-order valence-corrected chi connectivity index (χ3v) is 6.38. The normalized spacial score (nSPS) is 17.7. The van der Waals surface area contributed by atoms with Crippen LogP contribution in [0.15, 0.2) is 47.4 Å². The van der Waals surface area contributed by atoms with Crippen LogP contribution in [0.2, 0.25) is 5.02 Å². The number of hydrogen-bond donors (Lipinski definition) is 0. The number of hydrogen-bond acceptors (Lipinski definition) is 6. The number of carbonyl (C=O) groups excluding carboxylic acids is 3. The zero-order valence-corrected chi connectivity index (χ0v) is 19.0. The van der Waals surface area contributed by atoms with Crippen molar-refractivity contribution >= 4 is 46.5 Å². The lowest BCUT2D eigenvalue weighted by atomic mass is 10.2. The molecule has 3 amide bonds. The van der Waals surface area contributed by atoms with Gasteiger partial charge in [-0.15, -0.1) is 0 Å². The zero-order chi connectivity index (χ0) is 23.4. The number of imide groups is 1. The molecule has 2 aromatic carbocycles. The third kappa shape index (κ3) is 5.73. The molecule has 2 fully saturated rings. The molecule has 0 spiro atoms. The van der Waals surface area contributed by atoms with Crippen molar-refractivity contribution in [3.05, 3.63) is 69.3 Å². The van der Waals surface area contributed by atoms with Crippen LogP contribution in [0.4, 0.5) is 9.18 Å². The number of halogens is 2. The largest absolute Gasteiger partial charge is 0.484 e. The van der Waals surface area contributed by atoms with Gasteiger partial charge in [0, 0.05) is 18.1 Å². The van der Waals surface area contributed by atoms with Gasteiger partial charge in [0.25, 0.3) is 17.1 Å². The van der Waals surface area contributed by atoms with E-state index in [9.17, 15) is 18.8 Å². The predicted octanol–water partition coefficient (Wildman–Crippen LogP) is 3.95. The summed E-state index contributed by atoms with van der Waals surface area (Å²) in [5, 5.41) is -0.269. The molecule has 0 aromatic heterocycles. The molecule has 0 saturated carbocycles. The first kappa shape index (κ1) is 23.3. The van der Waals surface area contributed by atoms with Gasteiger partial charge in [-0.3, -0.25) is 19.3 Å². The minimum atomic E-state index is -0.490. The van der Waals surface area contributed by atoms with Gasteiger partial charge in [0.15, 0.2) is 6.61 Å². The van der Waals surface area contributed by atoms with Gasteiger partial charge in [-0.1, -0.05) is 29.8 Å². The highest BCUT2D eigenvalue weighted by Crippen LogP contribution is 2.34. The monoisotopic (exact) mass is 490 g/mol. The molecule has 2 aliphatic rings. The van der Waals surface area contributed by atoms with Crippen molar-refractivity contribution in [1.29, 1.82) is 0 Å². The van der Waals surface area contributed by atoms with E-state index < -0.39 is 17.0 Å². The molecular weight excluding hydrogens is 471 g/mol. The summed E-state index contributed by atoms with van der Waals surface area (Å²) in [6, 6.07) is 10.7. The number of rotatable bonds is 6. The van der Waals surface area contributed by atoms with E-state index in [0.29, 0.717) is 43.2 Å². The van der Waals surface area contributed by atoms with Gasteiger partial charge < -0.3 is 14.4 Å². The number of amides is 3. The summed E-state index contributed by atoms with van der Waals surface area (Å²) in [5.74, 6) is -0.511. The number of morpholine rings is 1. The van der Waals surface area contributed by atoms with E-state index in [-0.39, 0.29) is 29.0 Å². The second-order valence-corrected chi connectivity index (χ2v) is 8.75. The van der Waals surface area contributed by atoms with E-state index in [2.05, 4.69) is 0 Å². The summed E-state index contributed by atoms with van der Waals surface area (Å²) in [5.41, 5.74) is 1.18. The maximum absolute atomic E-state index is 13.2. The molecule has 0 bridgehead atoms. The van der Waals surface area contributed by atoms with Crippen LogP contribution in [0.25, 0.3) is 6.08 Å². The van der Waals surface area contributed by atoms with Crippen molar-refractivity contribution in [3.8, 4) is 5.75 Å². The highest BCUT2D eigenvalue weighted by molar-refractivity contribution is 8.18. The first-order valence-corrected chi connectivity index (χ1v) is 11.4. The Hall–Kier alpha value is -2.88. The maximum Gasteiger partial charge on any atom is 0.293 e. The van der Waals surface area contributed by atoms with Crippen LogP contribution in [0.5, 0.6) is 5.75 Å². The van der Waals surface area contributed by atoms with Crippen LogP contribution in [0.1, 0.15) is 11.1 Å². The molecule has 2 saturated heterocycles. The smallest absolute Gasteiger partial charge is 0.293 e. The van der Waals surface area contributed by atoms with Crippen LogP contribution in [0.3, 0.4) is 0 Å². The lowest BCUT2D eigenvalue weighted by Gasteiger charge is -2.26. The number of ether oxygens (including phenoxy) is 2. The second-order valence-electron chi connectivity index (χ2n) is 7.35. The standard InChI is InChI=1S/C23H20ClFN2O5S/c24-19-12-17(25)4-3-16(19)13-27-22(29)20(33-23(27)30)11-15-1-5-18(6-2-15)32-14-21(28)26-7-9-31-10-8-26/h1-6,11-12H,7-10,13-14H2/b20-11-. The Morgan fingerprint density at radius 1 is 1.15 bits per heavy atom. The van der Waals surface area contributed by atoms with Gasteiger partial charge in [-0.25, -0.2) is 4.39 Å². The van der Waals surface area contributed by atoms with Crippen LogP contribution >= 0.6 is 23.4 Å². The number of carbonyl (C=O) groups is 3. The van der Waals surface area contributed by atoms with Gasteiger partial charge in [0.1, 0.15) is 11.6 Å². The zero-order valence-electron chi connectivity index (χ0n) is 17.5. The van der Waals surface area contributed by atoms with Crippen molar-refractivity contribution in [2.24, 2.45) is 0 Å². The summed E-state index contributed by atoms with van der Waals surface area (Å²) in [6.45, 7) is 2.08. The molecule has 2 aliphatic heterocycles. The van der Waals surface area contributed by atoms with Crippen molar-refractivity contribution in [3.63, 3.8) is 0 Å². The SMILES string of the molecule is O=C(COc1ccc(/C=C2\SC(=O)N(Cc3ccc(F)cc3Cl)C2=O)cc1)N1CCOCC1. The van der Waals surface area contributed by atoms with Crippen molar-refractivity contribution in [1.82, 2.24) is 9.80 Å². The van der Waals surface area contributed by atoms with E-state index >= 15 is 0 Å². The third-order valence-electron chi connectivity index (χ3n) is 5.12. The molecule has 172 valence electrons. The van der Waals surface area contributed by atoms with E-state index in [1.165, 1.54) is 12.1 Å². The molecule has 10 heteroatoms. The molecule has 0 radical (unpaired) electrons. The van der Waals surface area contributed by atoms with Crippen LogP contribution < -0.4 is 4.74 Å². The first-order chi connectivity index (χ1) is 15.9. The van der Waals surface area contributed by atoms with Crippen LogP contribution in [0, 0.1) is 5.82 Å². The summed E-state index contributed by atoms with van der Waals surface area (Å²) in [4.78, 5) is 40.3. The lowest BCUT2D eigenvalue weighted by molar-refractivity contribution is -0.137. The number of benzene rings is 2. The molecule has 0 aliphatic carbocycles. The average Bonchev–Trinajstić information content (AvgIpc) is 3.08. The Morgan fingerprint density at radius 3 is 2.58 bits per heavy atom. The van der Waals surface area contributed by atoms with Gasteiger partial charge in [-0.2, -0.15) is 0 Å². The summed E-state index contributed by atoms with van der Waals surface area (Å²) in [6.07, 6.45) is 1.61. The highest BCUT2D eigenvalue weighted by Gasteiger charge is 2.35. The average molecular weight is 491 g/mol.